The Morgan fingerprint density at radius 3 is 2.32 bits per heavy atom. The van der Waals surface area contributed by atoms with Crippen molar-refractivity contribution in [2.45, 2.75) is 20.5 Å². The first-order valence-electron chi connectivity index (χ1n) is 10.2. The van der Waals surface area contributed by atoms with Gasteiger partial charge in [-0.05, 0) is 49.7 Å². The number of amides is 1. The zero-order valence-corrected chi connectivity index (χ0v) is 17.7. The summed E-state index contributed by atoms with van der Waals surface area (Å²) in [6.07, 6.45) is 1.57. The lowest BCUT2D eigenvalue weighted by Gasteiger charge is -2.12. The highest BCUT2D eigenvalue weighted by atomic mass is 16.5. The van der Waals surface area contributed by atoms with Crippen molar-refractivity contribution in [1.82, 2.24) is 5.43 Å². The number of nitrogens with one attached hydrogen (secondary N) is 1. The van der Waals surface area contributed by atoms with Crippen LogP contribution < -0.4 is 19.6 Å². The maximum Gasteiger partial charge on any atom is 0.271 e. The average Bonchev–Trinajstić information content (AvgIpc) is 2.80. The van der Waals surface area contributed by atoms with Gasteiger partial charge in [0.2, 0.25) is 0 Å². The Labute approximate surface area is 182 Å². The van der Waals surface area contributed by atoms with Crippen molar-refractivity contribution in [3.63, 3.8) is 0 Å². The largest absolute Gasteiger partial charge is 0.490 e. The molecule has 6 heteroatoms. The zero-order chi connectivity index (χ0) is 21.9. The van der Waals surface area contributed by atoms with Crippen LogP contribution >= 0.6 is 0 Å². The minimum atomic E-state index is -0.345. The summed E-state index contributed by atoms with van der Waals surface area (Å²) < 4.78 is 17.0. The van der Waals surface area contributed by atoms with Gasteiger partial charge in [0, 0.05) is 11.1 Å². The number of rotatable bonds is 10. The fourth-order valence-corrected chi connectivity index (χ4v) is 2.87. The van der Waals surface area contributed by atoms with Crippen LogP contribution in [0.5, 0.6) is 17.2 Å². The molecule has 0 fully saturated rings. The quantitative estimate of drug-likeness (QED) is 0.378. The fraction of sp³-hybridized carbons (Fsp3) is 0.200. The highest BCUT2D eigenvalue weighted by Crippen LogP contribution is 2.28. The summed E-state index contributed by atoms with van der Waals surface area (Å²) in [6.45, 7) is 5.21. The maximum absolute atomic E-state index is 12.5. The van der Waals surface area contributed by atoms with E-state index >= 15 is 0 Å². The number of ether oxygens (including phenoxy) is 3. The molecule has 0 aliphatic heterocycles. The Bertz CT molecular complexity index is 1020. The van der Waals surface area contributed by atoms with E-state index in [0.29, 0.717) is 42.6 Å². The van der Waals surface area contributed by atoms with Gasteiger partial charge in [0.05, 0.1) is 19.4 Å². The van der Waals surface area contributed by atoms with Gasteiger partial charge in [-0.15, -0.1) is 0 Å². The van der Waals surface area contributed by atoms with E-state index in [1.54, 1.807) is 24.4 Å². The van der Waals surface area contributed by atoms with Gasteiger partial charge in [0.15, 0.2) is 11.5 Å². The van der Waals surface area contributed by atoms with E-state index in [1.807, 2.05) is 68.4 Å². The summed E-state index contributed by atoms with van der Waals surface area (Å²) >= 11 is 0. The molecule has 0 heterocycles. The van der Waals surface area contributed by atoms with E-state index in [1.165, 1.54) is 0 Å². The Morgan fingerprint density at radius 1 is 0.839 bits per heavy atom. The lowest BCUT2D eigenvalue weighted by Crippen LogP contribution is -2.18. The van der Waals surface area contributed by atoms with Gasteiger partial charge < -0.3 is 14.2 Å². The Balaban J connectivity index is 1.65. The number of benzene rings is 3. The second kappa shape index (κ2) is 11.4. The number of hydrogen-bond donors (Lipinski definition) is 1. The number of nitrogens with zero attached hydrogens (tertiary/aromatic N) is 1. The first kappa shape index (κ1) is 21.9. The lowest BCUT2D eigenvalue weighted by atomic mass is 10.2. The van der Waals surface area contributed by atoms with E-state index in [4.69, 9.17) is 14.2 Å². The van der Waals surface area contributed by atoms with Crippen LogP contribution in [-0.2, 0) is 6.61 Å². The van der Waals surface area contributed by atoms with Crippen molar-refractivity contribution < 1.29 is 19.0 Å². The number of carbonyl (C=O) groups excluding carboxylic acids is 1. The second-order valence-corrected chi connectivity index (χ2v) is 6.54. The molecule has 0 aliphatic carbocycles. The normalized spacial score (nSPS) is 10.6. The smallest absolute Gasteiger partial charge is 0.271 e. The molecule has 3 rings (SSSR count). The average molecular weight is 418 g/mol. The molecule has 1 N–H and O–H groups in total. The molecule has 6 nitrogen and oxygen atoms in total. The van der Waals surface area contributed by atoms with E-state index in [-0.39, 0.29) is 5.91 Å². The van der Waals surface area contributed by atoms with Gasteiger partial charge in [0.1, 0.15) is 12.4 Å². The summed E-state index contributed by atoms with van der Waals surface area (Å²) in [5, 5.41) is 4.09. The fourth-order valence-electron chi connectivity index (χ4n) is 2.87. The summed E-state index contributed by atoms with van der Waals surface area (Å²) in [5.74, 6) is 1.47. The van der Waals surface area contributed by atoms with Crippen LogP contribution in [0.3, 0.4) is 0 Å². The molecule has 0 atom stereocenters. The molecular formula is C25H26N2O4. The third kappa shape index (κ3) is 6.34. The van der Waals surface area contributed by atoms with Gasteiger partial charge in [-0.3, -0.25) is 4.79 Å². The summed E-state index contributed by atoms with van der Waals surface area (Å²) in [6, 6.07) is 22.5. The molecule has 31 heavy (non-hydrogen) atoms. The monoisotopic (exact) mass is 418 g/mol. The van der Waals surface area contributed by atoms with Crippen molar-refractivity contribution in [2.24, 2.45) is 5.10 Å². The highest BCUT2D eigenvalue weighted by molar-refractivity contribution is 5.95. The van der Waals surface area contributed by atoms with E-state index in [9.17, 15) is 4.79 Å². The van der Waals surface area contributed by atoms with Crippen LogP contribution in [-0.4, -0.2) is 25.3 Å². The second-order valence-electron chi connectivity index (χ2n) is 6.54. The minimum absolute atomic E-state index is 0.345. The van der Waals surface area contributed by atoms with Crippen LogP contribution in [0.25, 0.3) is 0 Å². The number of hydrogen-bond acceptors (Lipinski definition) is 5. The van der Waals surface area contributed by atoms with Crippen LogP contribution in [0.2, 0.25) is 0 Å². The topological polar surface area (TPSA) is 69.2 Å². The Morgan fingerprint density at radius 2 is 1.55 bits per heavy atom. The first-order valence-corrected chi connectivity index (χ1v) is 10.2. The molecule has 0 aromatic heterocycles. The SMILES string of the molecule is CCOc1ccc(C(=O)N/N=C/c2ccccc2OCc2ccccc2)cc1OCC. The van der Waals surface area contributed by atoms with Crippen molar-refractivity contribution in [3.05, 3.63) is 89.5 Å². The van der Waals surface area contributed by atoms with Gasteiger partial charge >= 0.3 is 0 Å². The zero-order valence-electron chi connectivity index (χ0n) is 17.7. The molecule has 0 spiro atoms. The minimum Gasteiger partial charge on any atom is -0.490 e. The first-order chi connectivity index (χ1) is 15.2. The number of hydrazone groups is 1. The molecule has 1 amide bonds. The molecule has 3 aromatic carbocycles. The van der Waals surface area contributed by atoms with E-state index < -0.39 is 0 Å². The molecule has 160 valence electrons. The number of carbonyl (C=O) groups is 1. The predicted octanol–water partition coefficient (Wildman–Crippen LogP) is 4.83. The highest BCUT2D eigenvalue weighted by Gasteiger charge is 2.11. The molecule has 3 aromatic rings. The Kier molecular flexibility index (Phi) is 8.05. The van der Waals surface area contributed by atoms with Gasteiger partial charge in [0.25, 0.3) is 5.91 Å². The van der Waals surface area contributed by atoms with Crippen molar-refractivity contribution in [1.29, 1.82) is 0 Å². The predicted molar refractivity (Wildman–Crippen MR) is 121 cm³/mol. The lowest BCUT2D eigenvalue weighted by molar-refractivity contribution is 0.0954. The maximum atomic E-state index is 12.5. The molecule has 0 aliphatic rings. The summed E-state index contributed by atoms with van der Waals surface area (Å²) in [5.41, 5.74) is 4.81. The van der Waals surface area contributed by atoms with Crippen molar-refractivity contribution >= 4 is 12.1 Å². The number of para-hydroxylation sites is 1. The molecule has 0 radical (unpaired) electrons. The van der Waals surface area contributed by atoms with Crippen LogP contribution in [0.1, 0.15) is 35.3 Å². The Hall–Kier alpha value is -3.80. The van der Waals surface area contributed by atoms with Crippen LogP contribution in [0.15, 0.2) is 77.9 Å². The van der Waals surface area contributed by atoms with Gasteiger partial charge in [-0.2, -0.15) is 5.10 Å². The summed E-state index contributed by atoms with van der Waals surface area (Å²) in [7, 11) is 0. The van der Waals surface area contributed by atoms with Gasteiger partial charge in [-0.1, -0.05) is 42.5 Å². The molecule has 0 saturated heterocycles. The third-order valence-electron chi connectivity index (χ3n) is 4.33. The van der Waals surface area contributed by atoms with Crippen molar-refractivity contribution in [3.8, 4) is 17.2 Å². The molecule has 0 bridgehead atoms. The standard InChI is InChI=1S/C25H26N2O4/c1-3-29-23-15-14-20(16-24(23)30-4-2)25(28)27-26-17-21-12-8-9-13-22(21)31-18-19-10-6-5-7-11-19/h5-17H,3-4,18H2,1-2H3,(H,27,28)/b26-17+. The van der Waals surface area contributed by atoms with E-state index in [2.05, 4.69) is 10.5 Å². The van der Waals surface area contributed by atoms with Crippen molar-refractivity contribution in [2.75, 3.05) is 13.2 Å². The van der Waals surface area contributed by atoms with Crippen LogP contribution in [0, 0.1) is 0 Å². The van der Waals surface area contributed by atoms with E-state index in [0.717, 1.165) is 11.1 Å². The molecule has 0 saturated carbocycles. The van der Waals surface area contributed by atoms with Crippen LogP contribution in [0.4, 0.5) is 0 Å². The third-order valence-corrected chi connectivity index (χ3v) is 4.33. The molecule has 0 unspecified atom stereocenters. The van der Waals surface area contributed by atoms with Gasteiger partial charge in [-0.25, -0.2) is 5.43 Å². The molecular weight excluding hydrogens is 392 g/mol. The summed E-state index contributed by atoms with van der Waals surface area (Å²) in [4.78, 5) is 12.5.